The van der Waals surface area contributed by atoms with Gasteiger partial charge in [0.2, 0.25) is 16.1 Å². The molecule has 0 fully saturated rings. The topological polar surface area (TPSA) is 98.8 Å². The van der Waals surface area contributed by atoms with E-state index in [2.05, 4.69) is 9.47 Å². The Morgan fingerprint density at radius 1 is 1.22 bits per heavy atom. The molecule has 0 aromatic heterocycles. The van der Waals surface area contributed by atoms with E-state index in [1.807, 2.05) is 4.72 Å². The lowest BCUT2D eigenvalue weighted by molar-refractivity contribution is -0.157. The van der Waals surface area contributed by atoms with Gasteiger partial charge in [0.1, 0.15) is 5.82 Å². The second kappa shape index (κ2) is 8.23. The normalized spacial score (nSPS) is 11.3. The minimum atomic E-state index is -4.33. The summed E-state index contributed by atoms with van der Waals surface area (Å²) in [5.74, 6) is -3.02. The molecule has 23 heavy (non-hydrogen) atoms. The largest absolute Gasteiger partial charge is 0.464 e. The molecule has 0 radical (unpaired) electrons. The number of rotatable bonds is 7. The fraction of sp³-hybridized carbons (Fsp3) is 0.385. The van der Waals surface area contributed by atoms with Crippen LogP contribution in [0.3, 0.4) is 0 Å². The number of hydrogen-bond donors (Lipinski definition) is 1. The number of hydrogen-bond acceptors (Lipinski definition) is 6. The first kappa shape index (κ1) is 19.3. The SMILES string of the molecule is CCOC(=O)C(NS(=O)(=O)c1ccc(F)c(Cl)c1)C(=O)OCC. The maximum absolute atomic E-state index is 13.1. The van der Waals surface area contributed by atoms with Crippen molar-refractivity contribution < 1.29 is 31.9 Å². The van der Waals surface area contributed by atoms with Crippen LogP contribution in [0.25, 0.3) is 0 Å². The Morgan fingerprint density at radius 3 is 2.17 bits per heavy atom. The lowest BCUT2D eigenvalue weighted by Gasteiger charge is -2.16. The minimum Gasteiger partial charge on any atom is -0.464 e. The van der Waals surface area contributed by atoms with E-state index in [1.54, 1.807) is 0 Å². The zero-order valence-electron chi connectivity index (χ0n) is 12.3. The molecule has 10 heteroatoms. The van der Waals surface area contributed by atoms with Gasteiger partial charge < -0.3 is 9.47 Å². The summed E-state index contributed by atoms with van der Waals surface area (Å²) >= 11 is 5.53. The smallest absolute Gasteiger partial charge is 0.335 e. The highest BCUT2D eigenvalue weighted by Gasteiger charge is 2.34. The first-order chi connectivity index (χ1) is 10.7. The standard InChI is InChI=1S/C13H15ClFNO6S/c1-3-21-12(17)11(13(18)22-4-2)16-23(19,20)8-5-6-10(15)9(14)7-8/h5-7,11,16H,3-4H2,1-2H3. The van der Waals surface area contributed by atoms with Crippen LogP contribution in [0.5, 0.6) is 0 Å². The van der Waals surface area contributed by atoms with Gasteiger partial charge in [-0.2, -0.15) is 4.72 Å². The summed E-state index contributed by atoms with van der Waals surface area (Å²) in [6.07, 6.45) is 0. The Labute approximate surface area is 137 Å². The Kier molecular flexibility index (Phi) is 6.92. The van der Waals surface area contributed by atoms with Crippen LogP contribution in [0.15, 0.2) is 23.1 Å². The second-order valence-corrected chi connectivity index (χ2v) is 6.26. The monoisotopic (exact) mass is 367 g/mol. The van der Waals surface area contributed by atoms with E-state index in [-0.39, 0.29) is 13.2 Å². The molecule has 1 N–H and O–H groups in total. The minimum absolute atomic E-state index is 0.0567. The molecular formula is C13H15ClFNO6S. The summed E-state index contributed by atoms with van der Waals surface area (Å²) in [6, 6.07) is 0.771. The molecule has 1 aromatic rings. The van der Waals surface area contributed by atoms with E-state index in [0.29, 0.717) is 0 Å². The number of sulfonamides is 1. The van der Waals surface area contributed by atoms with Crippen LogP contribution in [-0.2, 0) is 29.1 Å². The van der Waals surface area contributed by atoms with Crippen molar-refractivity contribution in [1.29, 1.82) is 0 Å². The van der Waals surface area contributed by atoms with Gasteiger partial charge in [0.05, 0.1) is 23.1 Å². The maximum Gasteiger partial charge on any atom is 0.335 e. The van der Waals surface area contributed by atoms with E-state index in [0.717, 1.165) is 18.2 Å². The first-order valence-electron chi connectivity index (χ1n) is 6.53. The summed E-state index contributed by atoms with van der Waals surface area (Å²) < 4.78 is 48.7. The Hall–Kier alpha value is -1.71. The van der Waals surface area contributed by atoms with Gasteiger partial charge in [0.25, 0.3) is 0 Å². The molecule has 0 atom stereocenters. The Balaban J connectivity index is 3.11. The number of benzene rings is 1. The summed E-state index contributed by atoms with van der Waals surface area (Å²) in [7, 11) is -4.33. The molecule has 0 aliphatic carbocycles. The summed E-state index contributed by atoms with van der Waals surface area (Å²) in [4.78, 5) is 23.1. The van der Waals surface area contributed by atoms with Gasteiger partial charge in [-0.25, -0.2) is 22.4 Å². The second-order valence-electron chi connectivity index (χ2n) is 4.13. The fourth-order valence-electron chi connectivity index (χ4n) is 1.51. The molecule has 0 heterocycles. The third-order valence-corrected chi connectivity index (χ3v) is 4.23. The Morgan fingerprint density at radius 2 is 1.74 bits per heavy atom. The van der Waals surface area contributed by atoms with Gasteiger partial charge >= 0.3 is 11.9 Å². The van der Waals surface area contributed by atoms with Gasteiger partial charge in [-0.1, -0.05) is 11.6 Å². The molecule has 128 valence electrons. The third kappa shape index (κ3) is 5.15. The lowest BCUT2D eigenvalue weighted by Crippen LogP contribution is -2.48. The van der Waals surface area contributed by atoms with Gasteiger partial charge in [-0.05, 0) is 32.0 Å². The average molecular weight is 368 g/mol. The van der Waals surface area contributed by atoms with Crippen LogP contribution in [0.1, 0.15) is 13.8 Å². The van der Waals surface area contributed by atoms with Crippen molar-refractivity contribution in [3.63, 3.8) is 0 Å². The molecule has 0 unspecified atom stereocenters. The first-order valence-corrected chi connectivity index (χ1v) is 8.39. The zero-order chi connectivity index (χ0) is 17.6. The molecule has 0 amide bonds. The van der Waals surface area contributed by atoms with E-state index >= 15 is 0 Å². The summed E-state index contributed by atoms with van der Waals surface area (Å²) in [6.45, 7) is 2.88. The Bertz CT molecular complexity index is 676. The predicted molar refractivity (Wildman–Crippen MR) is 78.8 cm³/mol. The van der Waals surface area contributed by atoms with E-state index < -0.39 is 43.7 Å². The molecule has 0 saturated carbocycles. The van der Waals surface area contributed by atoms with Crippen LogP contribution in [0, 0.1) is 5.82 Å². The quantitative estimate of drug-likeness (QED) is 0.575. The molecule has 1 rings (SSSR count). The van der Waals surface area contributed by atoms with Crippen LogP contribution < -0.4 is 4.72 Å². The van der Waals surface area contributed by atoms with Gasteiger partial charge in [0, 0.05) is 0 Å². The van der Waals surface area contributed by atoms with Gasteiger partial charge in [-0.3, -0.25) is 0 Å². The van der Waals surface area contributed by atoms with Crippen LogP contribution in [0.4, 0.5) is 4.39 Å². The van der Waals surface area contributed by atoms with Crippen molar-refractivity contribution in [3.05, 3.63) is 29.0 Å². The van der Waals surface area contributed by atoms with E-state index in [9.17, 15) is 22.4 Å². The number of carbonyl (C=O) groups excluding carboxylic acids is 2. The van der Waals surface area contributed by atoms with Crippen LogP contribution in [0.2, 0.25) is 5.02 Å². The zero-order valence-corrected chi connectivity index (χ0v) is 13.9. The average Bonchev–Trinajstić information content (AvgIpc) is 2.48. The molecule has 7 nitrogen and oxygen atoms in total. The lowest BCUT2D eigenvalue weighted by atomic mass is 10.3. The molecule has 0 aliphatic heterocycles. The third-order valence-electron chi connectivity index (χ3n) is 2.52. The van der Waals surface area contributed by atoms with Gasteiger partial charge in [-0.15, -0.1) is 0 Å². The molecule has 0 aliphatic rings. The van der Waals surface area contributed by atoms with Crippen molar-refractivity contribution in [1.82, 2.24) is 4.72 Å². The van der Waals surface area contributed by atoms with Crippen molar-refractivity contribution in [2.75, 3.05) is 13.2 Å². The number of esters is 2. The predicted octanol–water partition coefficient (Wildman–Crippen LogP) is 1.25. The molecule has 1 aromatic carbocycles. The highest BCUT2D eigenvalue weighted by molar-refractivity contribution is 7.89. The highest BCUT2D eigenvalue weighted by Crippen LogP contribution is 2.19. The summed E-state index contributed by atoms with van der Waals surface area (Å²) in [5, 5.41) is -0.420. The molecule has 0 saturated heterocycles. The molecule has 0 spiro atoms. The van der Waals surface area contributed by atoms with Crippen LogP contribution >= 0.6 is 11.6 Å². The van der Waals surface area contributed by atoms with Crippen molar-refractivity contribution in [2.24, 2.45) is 0 Å². The van der Waals surface area contributed by atoms with Crippen molar-refractivity contribution in [2.45, 2.75) is 24.8 Å². The van der Waals surface area contributed by atoms with Crippen molar-refractivity contribution >= 4 is 33.6 Å². The number of halogens is 2. The van der Waals surface area contributed by atoms with E-state index in [4.69, 9.17) is 11.6 Å². The maximum atomic E-state index is 13.1. The number of ether oxygens (including phenoxy) is 2. The van der Waals surface area contributed by atoms with E-state index in [1.165, 1.54) is 13.8 Å². The molecular weight excluding hydrogens is 353 g/mol. The molecule has 0 bridgehead atoms. The summed E-state index contributed by atoms with van der Waals surface area (Å²) in [5.41, 5.74) is 0. The van der Waals surface area contributed by atoms with Crippen LogP contribution in [-0.4, -0.2) is 39.6 Å². The fourth-order valence-corrected chi connectivity index (χ4v) is 2.92. The van der Waals surface area contributed by atoms with Crippen molar-refractivity contribution in [3.8, 4) is 0 Å². The highest BCUT2D eigenvalue weighted by atomic mass is 35.5. The number of nitrogens with one attached hydrogen (secondary N) is 1. The van der Waals surface area contributed by atoms with Gasteiger partial charge in [0.15, 0.2) is 0 Å². The number of carbonyl (C=O) groups is 2.